The minimum Gasteiger partial charge on any atom is -0.454 e. The van der Waals surface area contributed by atoms with Crippen molar-refractivity contribution in [3.05, 3.63) is 88.6 Å². The zero-order chi connectivity index (χ0) is 30.0. The summed E-state index contributed by atoms with van der Waals surface area (Å²) >= 11 is 1.16. The van der Waals surface area contributed by atoms with Gasteiger partial charge in [-0.05, 0) is 66.5 Å². The van der Waals surface area contributed by atoms with Crippen LogP contribution >= 0.6 is 11.8 Å². The molecule has 1 aromatic heterocycles. The SMILES string of the molecule is CC(C)(C)C1CCc2nc(SC3CC(=O)N(c4ccc(C(=O)OCC(=O)c5ccccc5)cc4)C3=O)c(C#N)cc2C1. The number of nitrogens with zero attached hydrogens (tertiary/aromatic N) is 3. The lowest BCUT2D eigenvalue weighted by Gasteiger charge is -2.34. The number of fused-ring (bicyclic) bond motifs is 1. The number of carbonyl (C=O) groups excluding carboxylic acids is 4. The summed E-state index contributed by atoms with van der Waals surface area (Å²) in [6, 6.07) is 18.6. The normalized spacial score (nSPS) is 18.4. The minimum absolute atomic E-state index is 0.0232. The maximum Gasteiger partial charge on any atom is 0.338 e. The fourth-order valence-electron chi connectivity index (χ4n) is 5.33. The monoisotopic (exact) mass is 581 g/mol. The van der Waals surface area contributed by atoms with Crippen LogP contribution in [-0.2, 0) is 27.2 Å². The van der Waals surface area contributed by atoms with Gasteiger partial charge in [0.25, 0.3) is 0 Å². The summed E-state index contributed by atoms with van der Waals surface area (Å²) in [5.74, 6) is -1.27. The number of hydrogen-bond donors (Lipinski definition) is 0. The number of anilines is 1. The number of ketones is 1. The number of thioether (sulfide) groups is 1. The molecule has 0 spiro atoms. The summed E-state index contributed by atoms with van der Waals surface area (Å²) < 4.78 is 5.15. The van der Waals surface area contributed by atoms with Crippen molar-refractivity contribution >= 4 is 41.0 Å². The Morgan fingerprint density at radius 3 is 2.43 bits per heavy atom. The second kappa shape index (κ2) is 11.9. The number of hydrogen-bond acceptors (Lipinski definition) is 8. The minimum atomic E-state index is -0.713. The second-order valence-electron chi connectivity index (χ2n) is 11.7. The van der Waals surface area contributed by atoms with Crippen LogP contribution in [0.1, 0.15) is 71.1 Å². The highest BCUT2D eigenvalue weighted by molar-refractivity contribution is 8.00. The van der Waals surface area contributed by atoms with Gasteiger partial charge in [0.15, 0.2) is 12.4 Å². The predicted molar refractivity (Wildman–Crippen MR) is 158 cm³/mol. The average Bonchev–Trinajstić information content (AvgIpc) is 3.26. The molecule has 8 nitrogen and oxygen atoms in total. The number of rotatable bonds is 7. The molecule has 2 aromatic carbocycles. The fourth-order valence-corrected chi connectivity index (χ4v) is 6.42. The first-order chi connectivity index (χ1) is 20.0. The third-order valence-electron chi connectivity index (χ3n) is 7.85. The van der Waals surface area contributed by atoms with E-state index >= 15 is 0 Å². The predicted octanol–water partition coefficient (Wildman–Crippen LogP) is 5.57. The number of amides is 2. The molecule has 42 heavy (non-hydrogen) atoms. The lowest BCUT2D eigenvalue weighted by atomic mass is 9.71. The lowest BCUT2D eigenvalue weighted by molar-refractivity contribution is -0.121. The van der Waals surface area contributed by atoms with E-state index < -0.39 is 23.7 Å². The van der Waals surface area contributed by atoms with Gasteiger partial charge in [0, 0.05) is 17.7 Å². The van der Waals surface area contributed by atoms with Crippen molar-refractivity contribution in [1.29, 1.82) is 5.26 Å². The molecule has 5 rings (SSSR count). The van der Waals surface area contributed by atoms with Gasteiger partial charge in [-0.3, -0.25) is 14.4 Å². The molecule has 0 radical (unpaired) electrons. The van der Waals surface area contributed by atoms with Gasteiger partial charge < -0.3 is 4.74 Å². The Labute approximate surface area is 249 Å². The Balaban J connectivity index is 1.25. The Morgan fingerprint density at radius 2 is 1.76 bits per heavy atom. The molecule has 0 N–H and O–H groups in total. The quantitative estimate of drug-likeness (QED) is 0.202. The van der Waals surface area contributed by atoms with Gasteiger partial charge in [-0.2, -0.15) is 5.26 Å². The Morgan fingerprint density at radius 1 is 1.05 bits per heavy atom. The molecule has 2 unspecified atom stereocenters. The molecule has 3 aromatic rings. The van der Waals surface area contributed by atoms with Crippen LogP contribution in [0.5, 0.6) is 0 Å². The first-order valence-corrected chi connectivity index (χ1v) is 14.7. The molecule has 9 heteroatoms. The summed E-state index contributed by atoms with van der Waals surface area (Å²) in [7, 11) is 0. The van der Waals surface area contributed by atoms with Crippen molar-refractivity contribution in [2.24, 2.45) is 11.3 Å². The summed E-state index contributed by atoms with van der Waals surface area (Å²) in [6.07, 6.45) is 2.67. The number of carbonyl (C=O) groups is 4. The van der Waals surface area contributed by atoms with Gasteiger partial charge in [-0.25, -0.2) is 14.7 Å². The Kier molecular flexibility index (Phi) is 8.28. The van der Waals surface area contributed by atoms with Crippen LogP contribution in [-0.4, -0.2) is 40.4 Å². The van der Waals surface area contributed by atoms with E-state index in [-0.39, 0.29) is 29.1 Å². The molecule has 0 saturated carbocycles. The Hall–Kier alpha value is -4.29. The van der Waals surface area contributed by atoms with Crippen molar-refractivity contribution in [1.82, 2.24) is 4.98 Å². The van der Waals surface area contributed by atoms with E-state index in [9.17, 15) is 24.4 Å². The number of Topliss-reactive ketones (excluding diaryl/α,β-unsaturated/α-hetero) is 1. The molecule has 1 aliphatic carbocycles. The molecule has 1 fully saturated rings. The van der Waals surface area contributed by atoms with E-state index in [0.717, 1.165) is 47.2 Å². The van der Waals surface area contributed by atoms with Gasteiger partial charge in [-0.15, -0.1) is 0 Å². The van der Waals surface area contributed by atoms with Crippen molar-refractivity contribution in [2.75, 3.05) is 11.5 Å². The largest absolute Gasteiger partial charge is 0.454 e. The first-order valence-electron chi connectivity index (χ1n) is 13.9. The van der Waals surface area contributed by atoms with Gasteiger partial charge in [0.1, 0.15) is 11.1 Å². The van der Waals surface area contributed by atoms with Crippen molar-refractivity contribution < 1.29 is 23.9 Å². The third kappa shape index (κ3) is 6.14. The van der Waals surface area contributed by atoms with Crippen molar-refractivity contribution in [3.63, 3.8) is 0 Å². The van der Waals surface area contributed by atoms with Gasteiger partial charge in [0.2, 0.25) is 11.8 Å². The van der Waals surface area contributed by atoms with Crippen LogP contribution in [0.3, 0.4) is 0 Å². The highest BCUT2D eigenvalue weighted by Crippen LogP contribution is 2.40. The summed E-state index contributed by atoms with van der Waals surface area (Å²) in [6.45, 7) is 6.29. The smallest absolute Gasteiger partial charge is 0.338 e. The third-order valence-corrected chi connectivity index (χ3v) is 9.03. The van der Waals surface area contributed by atoms with Gasteiger partial charge in [-0.1, -0.05) is 62.9 Å². The summed E-state index contributed by atoms with van der Waals surface area (Å²) in [5, 5.41) is 9.60. The second-order valence-corrected chi connectivity index (χ2v) is 12.8. The van der Waals surface area contributed by atoms with E-state index in [4.69, 9.17) is 9.72 Å². The molecule has 0 bridgehead atoms. The van der Waals surface area contributed by atoms with Crippen LogP contribution in [0.15, 0.2) is 65.7 Å². The van der Waals surface area contributed by atoms with Crippen LogP contribution < -0.4 is 4.90 Å². The molecular weight excluding hydrogens is 550 g/mol. The average molecular weight is 582 g/mol. The molecule has 1 saturated heterocycles. The molecule has 1 aliphatic heterocycles. The lowest BCUT2D eigenvalue weighted by Crippen LogP contribution is -2.31. The molecule has 2 atom stereocenters. The molecule has 2 aliphatic rings. The number of aryl methyl sites for hydroxylation is 1. The standard InChI is InChI=1S/C33H31N3O5S/c1-33(2,3)24-11-14-26-22(16-24)15-23(18-34)30(35-26)42-28-17-29(38)36(31(28)39)25-12-9-21(10-13-25)32(40)41-19-27(37)20-7-5-4-6-8-20/h4-10,12-13,15,24,28H,11,14,16-17,19H2,1-3H3. The van der Waals surface area contributed by atoms with Crippen LogP contribution in [0.4, 0.5) is 5.69 Å². The topological polar surface area (TPSA) is 117 Å². The fraction of sp³-hybridized carbons (Fsp3) is 0.333. The summed E-state index contributed by atoms with van der Waals surface area (Å²) in [4.78, 5) is 56.8. The molecular formula is C33H31N3O5S. The number of aromatic nitrogens is 1. The van der Waals surface area contributed by atoms with Crippen LogP contribution in [0.2, 0.25) is 0 Å². The highest BCUT2D eigenvalue weighted by Gasteiger charge is 2.41. The maximum atomic E-state index is 13.3. The molecule has 2 heterocycles. The van der Waals surface area contributed by atoms with E-state index in [2.05, 4.69) is 26.8 Å². The maximum absolute atomic E-state index is 13.3. The number of pyridine rings is 1. The van der Waals surface area contributed by atoms with E-state index in [1.807, 2.05) is 6.07 Å². The van der Waals surface area contributed by atoms with Crippen LogP contribution in [0.25, 0.3) is 0 Å². The molecule has 2 amide bonds. The van der Waals surface area contributed by atoms with Crippen LogP contribution in [0, 0.1) is 22.7 Å². The number of benzene rings is 2. The number of esters is 1. The van der Waals surface area contributed by atoms with E-state index in [1.165, 1.54) is 24.3 Å². The number of imide groups is 1. The highest BCUT2D eigenvalue weighted by atomic mass is 32.2. The number of nitriles is 1. The van der Waals surface area contributed by atoms with Crippen molar-refractivity contribution in [3.8, 4) is 6.07 Å². The van der Waals surface area contributed by atoms with Crippen molar-refractivity contribution in [2.45, 2.75) is 56.7 Å². The van der Waals surface area contributed by atoms with E-state index in [1.54, 1.807) is 30.3 Å². The van der Waals surface area contributed by atoms with E-state index in [0.29, 0.717) is 27.8 Å². The zero-order valence-corrected chi connectivity index (χ0v) is 24.6. The molecule has 214 valence electrons. The zero-order valence-electron chi connectivity index (χ0n) is 23.8. The van der Waals surface area contributed by atoms with Gasteiger partial charge in [0.05, 0.1) is 22.1 Å². The first kappa shape index (κ1) is 29.2. The summed E-state index contributed by atoms with van der Waals surface area (Å²) in [5.41, 5.74) is 3.59. The number of ether oxygens (including phenoxy) is 1. The van der Waals surface area contributed by atoms with Gasteiger partial charge >= 0.3 is 5.97 Å². The Bertz CT molecular complexity index is 1590.